The fourth-order valence-electron chi connectivity index (χ4n) is 3.74. The molecule has 0 aromatic heterocycles. The summed E-state index contributed by atoms with van der Waals surface area (Å²) in [6, 6.07) is 16.1. The molecule has 0 radical (unpaired) electrons. The Bertz CT molecular complexity index is 749. The van der Waals surface area contributed by atoms with Crippen LogP contribution >= 0.6 is 0 Å². The lowest BCUT2D eigenvalue weighted by Crippen LogP contribution is -2.37. The monoisotopic (exact) mass is 366 g/mol. The Morgan fingerprint density at radius 1 is 1.07 bits per heavy atom. The SMILES string of the molecule is COc1ccccc1C(CNC(=O)c1ccc(C(C)C)cc1)N1CCCC1. The molecule has 0 aliphatic carbocycles. The molecule has 4 nitrogen and oxygen atoms in total. The van der Waals surface area contributed by atoms with Gasteiger partial charge in [-0.2, -0.15) is 0 Å². The lowest BCUT2D eigenvalue weighted by atomic mass is 10.0. The third-order valence-corrected chi connectivity index (χ3v) is 5.37. The highest BCUT2D eigenvalue weighted by Crippen LogP contribution is 2.31. The number of ether oxygens (including phenoxy) is 1. The first-order valence-electron chi connectivity index (χ1n) is 9.85. The van der Waals surface area contributed by atoms with E-state index in [1.807, 2.05) is 42.5 Å². The third-order valence-electron chi connectivity index (χ3n) is 5.37. The van der Waals surface area contributed by atoms with Crippen LogP contribution in [0.5, 0.6) is 5.75 Å². The Balaban J connectivity index is 1.73. The number of methoxy groups -OCH3 is 1. The summed E-state index contributed by atoms with van der Waals surface area (Å²) in [5.41, 5.74) is 3.09. The highest BCUT2D eigenvalue weighted by Gasteiger charge is 2.26. The summed E-state index contributed by atoms with van der Waals surface area (Å²) >= 11 is 0. The second kappa shape index (κ2) is 9.05. The highest BCUT2D eigenvalue weighted by atomic mass is 16.5. The predicted molar refractivity (Wildman–Crippen MR) is 109 cm³/mol. The summed E-state index contributed by atoms with van der Waals surface area (Å²) in [6.07, 6.45) is 2.41. The Morgan fingerprint density at radius 3 is 2.37 bits per heavy atom. The minimum absolute atomic E-state index is 0.0237. The molecule has 1 unspecified atom stereocenters. The van der Waals surface area contributed by atoms with Crippen LogP contribution in [0.1, 0.15) is 60.1 Å². The molecule has 0 spiro atoms. The Morgan fingerprint density at radius 2 is 1.74 bits per heavy atom. The van der Waals surface area contributed by atoms with E-state index in [0.29, 0.717) is 18.0 Å². The average molecular weight is 367 g/mol. The summed E-state index contributed by atoms with van der Waals surface area (Å²) in [7, 11) is 1.70. The van der Waals surface area contributed by atoms with Gasteiger partial charge in [-0.3, -0.25) is 9.69 Å². The van der Waals surface area contributed by atoms with Gasteiger partial charge >= 0.3 is 0 Å². The fraction of sp³-hybridized carbons (Fsp3) is 0.435. The van der Waals surface area contributed by atoms with Crippen LogP contribution in [0.15, 0.2) is 48.5 Å². The van der Waals surface area contributed by atoms with Crippen LogP contribution in [0.25, 0.3) is 0 Å². The highest BCUT2D eigenvalue weighted by molar-refractivity contribution is 5.94. The lowest BCUT2D eigenvalue weighted by Gasteiger charge is -2.29. The summed E-state index contributed by atoms with van der Waals surface area (Å²) in [6.45, 7) is 7.00. The molecule has 0 saturated carbocycles. The van der Waals surface area contributed by atoms with E-state index < -0.39 is 0 Å². The van der Waals surface area contributed by atoms with E-state index in [4.69, 9.17) is 4.74 Å². The first-order chi connectivity index (χ1) is 13.1. The van der Waals surface area contributed by atoms with Gasteiger partial charge in [0, 0.05) is 17.7 Å². The number of rotatable bonds is 7. The number of likely N-dealkylation sites (tertiary alicyclic amines) is 1. The van der Waals surface area contributed by atoms with Gasteiger partial charge in [-0.1, -0.05) is 44.2 Å². The molecular formula is C23H30N2O2. The van der Waals surface area contributed by atoms with Gasteiger partial charge in [-0.05, 0) is 55.6 Å². The standard InChI is InChI=1S/C23H30N2O2/c1-17(2)18-10-12-19(13-11-18)23(26)24-16-21(25-14-6-7-15-25)20-8-4-5-9-22(20)27-3/h4-5,8-13,17,21H,6-7,14-16H2,1-3H3,(H,24,26). The minimum atomic E-state index is -0.0237. The van der Waals surface area contributed by atoms with Gasteiger partial charge in [-0.25, -0.2) is 0 Å². The number of benzene rings is 2. The van der Waals surface area contributed by atoms with E-state index >= 15 is 0 Å². The van der Waals surface area contributed by atoms with Crippen molar-refractivity contribution in [3.63, 3.8) is 0 Å². The van der Waals surface area contributed by atoms with Gasteiger partial charge in [0.25, 0.3) is 5.91 Å². The van der Waals surface area contributed by atoms with Crippen LogP contribution in [0.3, 0.4) is 0 Å². The molecular weight excluding hydrogens is 336 g/mol. The number of hydrogen-bond donors (Lipinski definition) is 1. The van der Waals surface area contributed by atoms with Crippen molar-refractivity contribution in [3.05, 3.63) is 65.2 Å². The Hall–Kier alpha value is -2.33. The van der Waals surface area contributed by atoms with Crippen LogP contribution < -0.4 is 10.1 Å². The quantitative estimate of drug-likeness (QED) is 0.790. The van der Waals surface area contributed by atoms with E-state index in [1.165, 1.54) is 18.4 Å². The van der Waals surface area contributed by atoms with Crippen molar-refractivity contribution in [3.8, 4) is 5.75 Å². The van der Waals surface area contributed by atoms with Gasteiger partial charge < -0.3 is 10.1 Å². The van der Waals surface area contributed by atoms with Crippen LogP contribution in [-0.4, -0.2) is 37.6 Å². The van der Waals surface area contributed by atoms with Crippen LogP contribution in [-0.2, 0) is 0 Å². The molecule has 2 aromatic rings. The molecule has 1 atom stereocenters. The van der Waals surface area contributed by atoms with Gasteiger partial charge in [-0.15, -0.1) is 0 Å². The smallest absolute Gasteiger partial charge is 0.251 e. The fourth-order valence-corrected chi connectivity index (χ4v) is 3.74. The molecule has 1 aliphatic rings. The number of carbonyl (C=O) groups is 1. The first-order valence-corrected chi connectivity index (χ1v) is 9.85. The summed E-state index contributed by atoms with van der Waals surface area (Å²) in [5, 5.41) is 3.14. The molecule has 2 aromatic carbocycles. The van der Waals surface area contributed by atoms with Crippen molar-refractivity contribution in [2.75, 3.05) is 26.7 Å². The zero-order valence-electron chi connectivity index (χ0n) is 16.6. The first kappa shape index (κ1) is 19.4. The molecule has 1 amide bonds. The number of nitrogens with one attached hydrogen (secondary N) is 1. The van der Waals surface area contributed by atoms with E-state index in [1.54, 1.807) is 7.11 Å². The van der Waals surface area contributed by atoms with E-state index in [2.05, 4.69) is 30.1 Å². The summed E-state index contributed by atoms with van der Waals surface area (Å²) in [4.78, 5) is 15.1. The summed E-state index contributed by atoms with van der Waals surface area (Å²) < 4.78 is 5.57. The van der Waals surface area contributed by atoms with E-state index in [9.17, 15) is 4.79 Å². The van der Waals surface area contributed by atoms with Crippen molar-refractivity contribution in [1.29, 1.82) is 0 Å². The number of para-hydroxylation sites is 1. The van der Waals surface area contributed by atoms with Crippen molar-refractivity contribution in [1.82, 2.24) is 10.2 Å². The molecule has 1 fully saturated rings. The van der Waals surface area contributed by atoms with Gasteiger partial charge in [0.1, 0.15) is 5.75 Å². The zero-order chi connectivity index (χ0) is 19.2. The molecule has 1 saturated heterocycles. The molecule has 1 N–H and O–H groups in total. The molecule has 144 valence electrons. The molecule has 0 bridgehead atoms. The maximum atomic E-state index is 12.7. The molecule has 27 heavy (non-hydrogen) atoms. The van der Waals surface area contributed by atoms with Crippen LogP contribution in [0.2, 0.25) is 0 Å². The zero-order valence-corrected chi connectivity index (χ0v) is 16.6. The molecule has 3 rings (SSSR count). The topological polar surface area (TPSA) is 41.6 Å². The van der Waals surface area contributed by atoms with Crippen molar-refractivity contribution in [2.45, 2.75) is 38.6 Å². The second-order valence-corrected chi connectivity index (χ2v) is 7.49. The molecule has 1 heterocycles. The van der Waals surface area contributed by atoms with Crippen molar-refractivity contribution in [2.24, 2.45) is 0 Å². The normalized spacial score (nSPS) is 15.7. The number of carbonyl (C=O) groups excluding carboxylic acids is 1. The molecule has 1 aliphatic heterocycles. The van der Waals surface area contributed by atoms with Gasteiger partial charge in [0.2, 0.25) is 0 Å². The third kappa shape index (κ3) is 4.69. The Labute approximate surface area is 162 Å². The van der Waals surface area contributed by atoms with Crippen molar-refractivity contribution >= 4 is 5.91 Å². The number of nitrogens with zero attached hydrogens (tertiary/aromatic N) is 1. The largest absolute Gasteiger partial charge is 0.496 e. The van der Waals surface area contributed by atoms with Gasteiger partial charge in [0.15, 0.2) is 0 Å². The second-order valence-electron chi connectivity index (χ2n) is 7.49. The van der Waals surface area contributed by atoms with Crippen LogP contribution in [0.4, 0.5) is 0 Å². The van der Waals surface area contributed by atoms with Gasteiger partial charge in [0.05, 0.1) is 13.2 Å². The predicted octanol–water partition coefficient (Wildman–Crippen LogP) is 4.39. The van der Waals surface area contributed by atoms with Crippen LogP contribution in [0, 0.1) is 0 Å². The maximum absolute atomic E-state index is 12.7. The molecule has 4 heteroatoms. The van der Waals surface area contributed by atoms with Crippen molar-refractivity contribution < 1.29 is 9.53 Å². The average Bonchev–Trinajstić information content (AvgIpc) is 3.23. The lowest BCUT2D eigenvalue weighted by molar-refractivity contribution is 0.0937. The summed E-state index contributed by atoms with van der Waals surface area (Å²) in [5.74, 6) is 1.32. The minimum Gasteiger partial charge on any atom is -0.496 e. The maximum Gasteiger partial charge on any atom is 0.251 e. The number of hydrogen-bond acceptors (Lipinski definition) is 3. The van der Waals surface area contributed by atoms with E-state index in [-0.39, 0.29) is 11.9 Å². The van der Waals surface area contributed by atoms with E-state index in [0.717, 1.165) is 24.4 Å². The Kier molecular flexibility index (Phi) is 6.51. The number of amides is 1.